The van der Waals surface area contributed by atoms with E-state index in [1.165, 1.54) is 43.0 Å². The lowest BCUT2D eigenvalue weighted by atomic mass is 10.0. The van der Waals surface area contributed by atoms with Gasteiger partial charge >= 0.3 is 0 Å². The summed E-state index contributed by atoms with van der Waals surface area (Å²) in [5.74, 6) is 2.13. The van der Waals surface area contributed by atoms with Gasteiger partial charge in [-0.25, -0.2) is 4.68 Å². The van der Waals surface area contributed by atoms with Crippen molar-refractivity contribution in [3.05, 3.63) is 36.4 Å². The Morgan fingerprint density at radius 3 is 2.57 bits per heavy atom. The van der Waals surface area contributed by atoms with Crippen LogP contribution in [-0.4, -0.2) is 17.8 Å². The average Bonchev–Trinajstić information content (AvgIpc) is 2.76. The van der Waals surface area contributed by atoms with Crippen LogP contribution in [0, 0.1) is 5.92 Å². The van der Waals surface area contributed by atoms with E-state index in [2.05, 4.69) is 71.7 Å². The van der Waals surface area contributed by atoms with Gasteiger partial charge in [-0.1, -0.05) is 37.3 Å². The fraction of sp³-hybridized carbons (Fsp3) is 0.471. The number of halogens is 1. The van der Waals surface area contributed by atoms with Gasteiger partial charge in [0.25, 0.3) is 5.82 Å². The molecule has 1 atom stereocenters. The maximum atomic E-state index is 2.53. The molecule has 1 aromatic heterocycles. The van der Waals surface area contributed by atoms with Gasteiger partial charge in [0.15, 0.2) is 0 Å². The van der Waals surface area contributed by atoms with Crippen molar-refractivity contribution in [2.75, 3.05) is 18.0 Å². The Balaban J connectivity index is 0.00000161. The molecule has 0 saturated carbocycles. The van der Waals surface area contributed by atoms with Gasteiger partial charge in [0.1, 0.15) is 7.05 Å². The number of anilines is 1. The molecule has 0 N–H and O–H groups in total. The highest BCUT2D eigenvalue weighted by molar-refractivity contribution is 5.62. The fourth-order valence-electron chi connectivity index (χ4n) is 3.20. The van der Waals surface area contributed by atoms with E-state index in [1.54, 1.807) is 0 Å². The minimum Gasteiger partial charge on any atom is -1.00 e. The molecule has 0 radical (unpaired) electrons. The predicted molar refractivity (Wildman–Crippen MR) is 82.6 cm³/mol. The van der Waals surface area contributed by atoms with E-state index >= 15 is 0 Å². The van der Waals surface area contributed by atoms with E-state index in [9.17, 15) is 0 Å². The van der Waals surface area contributed by atoms with Gasteiger partial charge < -0.3 is 24.0 Å². The van der Waals surface area contributed by atoms with E-state index in [-0.39, 0.29) is 24.0 Å². The van der Waals surface area contributed by atoms with Crippen LogP contribution >= 0.6 is 0 Å². The number of rotatable bonds is 2. The molecule has 1 fully saturated rings. The lowest BCUT2D eigenvalue weighted by molar-refractivity contribution is -0.738. The van der Waals surface area contributed by atoms with Crippen LogP contribution in [0.15, 0.2) is 36.4 Å². The second kappa shape index (κ2) is 6.81. The summed E-state index contributed by atoms with van der Waals surface area (Å²) in [7, 11) is 4.29. The third-order valence-corrected chi connectivity index (χ3v) is 4.45. The summed E-state index contributed by atoms with van der Waals surface area (Å²) in [6.07, 6.45) is 2.66. The number of benzene rings is 1. The number of piperidine rings is 1. The van der Waals surface area contributed by atoms with Crippen molar-refractivity contribution in [2.24, 2.45) is 20.0 Å². The average molecular weight is 397 g/mol. The van der Waals surface area contributed by atoms with Crippen LogP contribution < -0.4 is 33.6 Å². The molecular weight excluding hydrogens is 373 g/mol. The molecule has 1 aliphatic rings. The number of nitrogens with zero attached hydrogens (tertiary/aromatic N) is 3. The molecule has 2 heterocycles. The Morgan fingerprint density at radius 2 is 1.90 bits per heavy atom. The molecule has 0 aliphatic carbocycles. The van der Waals surface area contributed by atoms with Crippen LogP contribution in [0.25, 0.3) is 11.3 Å². The molecule has 114 valence electrons. The SMILES string of the molecule is CC1CCCN(c2cc(-c3ccccc3)n(C)[n+]2C)C1.[I-]. The Bertz CT molecular complexity index is 592. The van der Waals surface area contributed by atoms with Gasteiger partial charge in [-0.05, 0) is 18.8 Å². The molecule has 1 saturated heterocycles. The molecule has 0 bridgehead atoms. The second-order valence-electron chi connectivity index (χ2n) is 5.99. The van der Waals surface area contributed by atoms with Gasteiger partial charge in [-0.15, -0.1) is 0 Å². The summed E-state index contributed by atoms with van der Waals surface area (Å²) in [6, 6.07) is 13.0. The molecular formula is C17H24IN3. The maximum Gasteiger partial charge on any atom is 0.297 e. The smallest absolute Gasteiger partial charge is 0.297 e. The van der Waals surface area contributed by atoms with Crippen LogP contribution in [0.4, 0.5) is 5.82 Å². The maximum absolute atomic E-state index is 2.53. The first-order chi connectivity index (χ1) is 9.66. The fourth-order valence-corrected chi connectivity index (χ4v) is 3.20. The van der Waals surface area contributed by atoms with Crippen molar-refractivity contribution >= 4 is 5.82 Å². The van der Waals surface area contributed by atoms with Gasteiger partial charge in [0.2, 0.25) is 0 Å². The lowest BCUT2D eigenvalue weighted by Gasteiger charge is -2.25. The zero-order valence-electron chi connectivity index (χ0n) is 13.1. The highest BCUT2D eigenvalue weighted by Gasteiger charge is 2.27. The monoisotopic (exact) mass is 397 g/mol. The Kier molecular flexibility index (Phi) is 5.30. The van der Waals surface area contributed by atoms with Crippen molar-refractivity contribution in [1.82, 2.24) is 4.68 Å². The van der Waals surface area contributed by atoms with Gasteiger partial charge in [-0.2, -0.15) is 4.68 Å². The molecule has 1 unspecified atom stereocenters. The van der Waals surface area contributed by atoms with E-state index in [0.29, 0.717) is 0 Å². The minimum atomic E-state index is 0. The van der Waals surface area contributed by atoms with Crippen molar-refractivity contribution in [1.29, 1.82) is 0 Å². The normalized spacial score (nSPS) is 18.4. The molecule has 2 aromatic rings. The van der Waals surface area contributed by atoms with Gasteiger partial charge in [-0.3, -0.25) is 4.90 Å². The summed E-state index contributed by atoms with van der Waals surface area (Å²) < 4.78 is 4.50. The molecule has 3 nitrogen and oxygen atoms in total. The Hall–Kier alpha value is -1.04. The number of hydrogen-bond donors (Lipinski definition) is 0. The summed E-state index contributed by atoms with van der Waals surface area (Å²) in [5, 5.41) is 0. The molecule has 0 amide bonds. The van der Waals surface area contributed by atoms with Crippen LogP contribution in [0.2, 0.25) is 0 Å². The largest absolute Gasteiger partial charge is 1.00 e. The third kappa shape index (κ3) is 3.25. The second-order valence-corrected chi connectivity index (χ2v) is 5.99. The number of hydrogen-bond acceptors (Lipinski definition) is 1. The minimum absolute atomic E-state index is 0. The first-order valence-electron chi connectivity index (χ1n) is 7.53. The zero-order valence-corrected chi connectivity index (χ0v) is 15.2. The van der Waals surface area contributed by atoms with E-state index < -0.39 is 0 Å². The highest BCUT2D eigenvalue weighted by Crippen LogP contribution is 2.25. The Morgan fingerprint density at radius 1 is 1.19 bits per heavy atom. The predicted octanol–water partition coefficient (Wildman–Crippen LogP) is -0.243. The standard InChI is InChI=1S/C17H24N3.HI/c1-14-8-7-11-20(13-14)17-12-16(18(2)19(17)3)15-9-5-4-6-10-15;/h4-6,9-10,12,14H,7-8,11,13H2,1-3H3;1H/q+1;/p-1. The molecule has 1 aromatic carbocycles. The molecule has 0 spiro atoms. The summed E-state index contributed by atoms with van der Waals surface area (Å²) >= 11 is 0. The first-order valence-corrected chi connectivity index (χ1v) is 7.53. The molecule has 4 heteroatoms. The topological polar surface area (TPSA) is 12.1 Å². The zero-order chi connectivity index (χ0) is 14.1. The first kappa shape index (κ1) is 16.3. The van der Waals surface area contributed by atoms with Gasteiger partial charge in [0.05, 0.1) is 24.8 Å². The van der Waals surface area contributed by atoms with Crippen LogP contribution in [0.3, 0.4) is 0 Å². The Labute approximate surface area is 144 Å². The van der Waals surface area contributed by atoms with Crippen molar-refractivity contribution in [3.63, 3.8) is 0 Å². The lowest BCUT2D eigenvalue weighted by Crippen LogP contribution is -3.00. The van der Waals surface area contributed by atoms with Crippen molar-refractivity contribution in [2.45, 2.75) is 19.8 Å². The summed E-state index contributed by atoms with van der Waals surface area (Å²) in [5.41, 5.74) is 2.56. The molecule has 3 rings (SSSR count). The summed E-state index contributed by atoms with van der Waals surface area (Å²) in [4.78, 5) is 2.53. The van der Waals surface area contributed by atoms with Crippen molar-refractivity contribution in [3.8, 4) is 11.3 Å². The quantitative estimate of drug-likeness (QED) is 0.503. The third-order valence-electron chi connectivity index (χ3n) is 4.45. The van der Waals surface area contributed by atoms with Crippen molar-refractivity contribution < 1.29 is 28.7 Å². The van der Waals surface area contributed by atoms with Crippen LogP contribution in [0.5, 0.6) is 0 Å². The summed E-state index contributed by atoms with van der Waals surface area (Å²) in [6.45, 7) is 4.70. The van der Waals surface area contributed by atoms with E-state index in [4.69, 9.17) is 0 Å². The van der Waals surface area contributed by atoms with Crippen LogP contribution in [0.1, 0.15) is 19.8 Å². The van der Waals surface area contributed by atoms with Gasteiger partial charge in [0, 0.05) is 12.6 Å². The molecule has 1 aliphatic heterocycles. The van der Waals surface area contributed by atoms with Crippen LogP contribution in [-0.2, 0) is 14.1 Å². The number of aromatic nitrogens is 2. The molecule has 21 heavy (non-hydrogen) atoms. The van der Waals surface area contributed by atoms with E-state index in [0.717, 1.165) is 5.92 Å². The van der Waals surface area contributed by atoms with E-state index in [1.807, 2.05) is 0 Å². The highest BCUT2D eigenvalue weighted by atomic mass is 127.